The second-order valence-electron chi connectivity index (χ2n) is 8.13. The highest BCUT2D eigenvalue weighted by atomic mass is 19.4. The molecule has 4 unspecified atom stereocenters. The molecule has 34 heavy (non-hydrogen) atoms. The molecule has 0 aliphatic carbocycles. The number of carbonyl (C=O) groups is 1. The molecule has 4 atom stereocenters. The van der Waals surface area contributed by atoms with Gasteiger partial charge in [0.05, 0.1) is 18.0 Å². The summed E-state index contributed by atoms with van der Waals surface area (Å²) in [6.07, 6.45) is 0.503. The smallest absolute Gasteiger partial charge is 0.433 e. The number of ether oxygens (including phenoxy) is 2. The molecule has 5 rings (SSSR count). The first-order chi connectivity index (χ1) is 16.3. The first-order valence-electron chi connectivity index (χ1n) is 10.7. The maximum atomic E-state index is 13.6. The normalized spacial score (nSPS) is 22.7. The molecule has 10 nitrogen and oxygen atoms in total. The second-order valence-corrected chi connectivity index (χ2v) is 8.13. The van der Waals surface area contributed by atoms with Gasteiger partial charge in [-0.25, -0.2) is 15.0 Å². The number of nitrogens with zero attached hydrogens (tertiary/aromatic N) is 7. The second kappa shape index (κ2) is 8.63. The zero-order chi connectivity index (χ0) is 23.9. The molecule has 0 aromatic carbocycles. The summed E-state index contributed by atoms with van der Waals surface area (Å²) in [6, 6.07) is 3.84. The van der Waals surface area contributed by atoms with Gasteiger partial charge < -0.3 is 9.64 Å². The van der Waals surface area contributed by atoms with Crippen molar-refractivity contribution in [3.8, 4) is 11.8 Å². The van der Waals surface area contributed by atoms with Gasteiger partial charge in [0.25, 0.3) is 5.91 Å². The SMILES string of the molecule is Cc1ccc(C(=O)N2C3CCC2C(C(Oc2ncccn2)OC(F)(F)F)C3)c(-n2nccn2)n1. The van der Waals surface area contributed by atoms with Crippen molar-refractivity contribution in [1.29, 1.82) is 0 Å². The lowest BCUT2D eigenvalue weighted by atomic mass is 9.88. The van der Waals surface area contributed by atoms with Gasteiger partial charge in [-0.15, -0.1) is 18.0 Å². The minimum Gasteiger partial charge on any atom is -0.433 e. The van der Waals surface area contributed by atoms with E-state index in [1.54, 1.807) is 24.0 Å². The number of aromatic nitrogens is 6. The highest BCUT2D eigenvalue weighted by Crippen LogP contribution is 2.46. The van der Waals surface area contributed by atoms with Crippen molar-refractivity contribution in [3.05, 3.63) is 54.2 Å². The lowest BCUT2D eigenvalue weighted by Gasteiger charge is -2.30. The summed E-state index contributed by atoms with van der Waals surface area (Å²) in [5, 5.41) is 8.15. The summed E-state index contributed by atoms with van der Waals surface area (Å²) in [5.41, 5.74) is 0.931. The number of fused-ring (bicyclic) bond motifs is 2. The molecule has 1 amide bonds. The Hall–Kier alpha value is -3.61. The molecule has 2 fully saturated rings. The standard InChI is InChI=1S/C21H20F3N7O3/c1-12-3-5-14(17(29-12)31-27-9-10-28-31)18(32)30-13-4-6-16(30)15(11-13)19(34-21(22,23)24)33-20-25-7-2-8-26-20/h2-3,5,7-10,13,15-16,19H,4,6,11H2,1H3. The van der Waals surface area contributed by atoms with Crippen LogP contribution in [-0.4, -0.2) is 65.5 Å². The van der Waals surface area contributed by atoms with Gasteiger partial charge in [-0.2, -0.15) is 10.2 Å². The van der Waals surface area contributed by atoms with Crippen LogP contribution in [0.2, 0.25) is 0 Å². The number of halogens is 3. The van der Waals surface area contributed by atoms with Crippen LogP contribution in [0.25, 0.3) is 5.82 Å². The van der Waals surface area contributed by atoms with E-state index in [2.05, 4.69) is 29.9 Å². The number of rotatable bonds is 6. The molecule has 178 valence electrons. The summed E-state index contributed by atoms with van der Waals surface area (Å²) in [4.78, 5) is 28.6. The van der Waals surface area contributed by atoms with E-state index in [1.807, 2.05) is 0 Å². The Kier molecular flexibility index (Phi) is 5.63. The molecule has 0 saturated carbocycles. The average Bonchev–Trinajstić information content (AvgIpc) is 3.54. The summed E-state index contributed by atoms with van der Waals surface area (Å²) < 4.78 is 49.4. The third kappa shape index (κ3) is 4.30. The fourth-order valence-corrected chi connectivity index (χ4v) is 4.75. The minimum absolute atomic E-state index is 0.229. The summed E-state index contributed by atoms with van der Waals surface area (Å²) in [5.74, 6) is -0.816. The van der Waals surface area contributed by atoms with Crippen LogP contribution in [0.4, 0.5) is 13.2 Å². The van der Waals surface area contributed by atoms with E-state index >= 15 is 0 Å². The first kappa shape index (κ1) is 22.2. The third-order valence-electron chi connectivity index (χ3n) is 6.04. The van der Waals surface area contributed by atoms with E-state index in [1.165, 1.54) is 35.7 Å². The van der Waals surface area contributed by atoms with Gasteiger partial charge in [-0.05, 0) is 44.4 Å². The average molecular weight is 475 g/mol. The zero-order valence-electron chi connectivity index (χ0n) is 18.0. The predicted octanol–water partition coefficient (Wildman–Crippen LogP) is 2.70. The monoisotopic (exact) mass is 475 g/mol. The van der Waals surface area contributed by atoms with Gasteiger partial charge in [0, 0.05) is 36.1 Å². The fraction of sp³-hybridized carbons (Fsp3) is 0.429. The largest absolute Gasteiger partial charge is 0.525 e. The molecule has 2 bridgehead atoms. The summed E-state index contributed by atoms with van der Waals surface area (Å²) >= 11 is 0. The summed E-state index contributed by atoms with van der Waals surface area (Å²) in [6.45, 7) is 1.78. The van der Waals surface area contributed by atoms with Gasteiger partial charge in [0.15, 0.2) is 5.82 Å². The molecule has 2 saturated heterocycles. The van der Waals surface area contributed by atoms with E-state index in [4.69, 9.17) is 4.74 Å². The summed E-state index contributed by atoms with van der Waals surface area (Å²) in [7, 11) is 0. The number of amides is 1. The Morgan fingerprint density at radius 1 is 1.12 bits per heavy atom. The van der Waals surface area contributed by atoms with E-state index in [-0.39, 0.29) is 29.3 Å². The van der Waals surface area contributed by atoms with Gasteiger partial charge in [0.2, 0.25) is 6.29 Å². The third-order valence-corrected chi connectivity index (χ3v) is 6.04. The van der Waals surface area contributed by atoms with Crippen molar-refractivity contribution in [2.24, 2.45) is 5.92 Å². The predicted molar refractivity (Wildman–Crippen MR) is 109 cm³/mol. The molecule has 2 aliphatic rings. The van der Waals surface area contributed by atoms with Crippen molar-refractivity contribution in [3.63, 3.8) is 0 Å². The Morgan fingerprint density at radius 3 is 2.56 bits per heavy atom. The van der Waals surface area contributed by atoms with Crippen LogP contribution in [0.1, 0.15) is 35.3 Å². The van der Waals surface area contributed by atoms with Gasteiger partial charge in [0.1, 0.15) is 0 Å². The molecular weight excluding hydrogens is 455 g/mol. The first-order valence-corrected chi connectivity index (χ1v) is 10.7. The molecule has 0 spiro atoms. The van der Waals surface area contributed by atoms with E-state index in [9.17, 15) is 18.0 Å². The molecule has 0 radical (unpaired) electrons. The van der Waals surface area contributed by atoms with Crippen LogP contribution in [0, 0.1) is 12.8 Å². The van der Waals surface area contributed by atoms with E-state index < -0.39 is 24.6 Å². The maximum absolute atomic E-state index is 13.6. The number of hydrogen-bond acceptors (Lipinski definition) is 8. The number of carbonyl (C=O) groups excluding carboxylic acids is 1. The van der Waals surface area contributed by atoms with Crippen LogP contribution in [-0.2, 0) is 4.74 Å². The van der Waals surface area contributed by atoms with Gasteiger partial charge >= 0.3 is 12.4 Å². The maximum Gasteiger partial charge on any atom is 0.525 e. The molecular formula is C21H20F3N7O3. The van der Waals surface area contributed by atoms with Crippen molar-refractivity contribution in [2.75, 3.05) is 0 Å². The highest BCUT2D eigenvalue weighted by Gasteiger charge is 2.54. The van der Waals surface area contributed by atoms with Gasteiger partial charge in [-0.1, -0.05) is 0 Å². The van der Waals surface area contributed by atoms with Crippen molar-refractivity contribution in [2.45, 2.75) is 50.9 Å². The lowest BCUT2D eigenvalue weighted by molar-refractivity contribution is -0.376. The Labute approximate surface area is 191 Å². The lowest BCUT2D eigenvalue weighted by Crippen LogP contribution is -2.43. The van der Waals surface area contributed by atoms with Gasteiger partial charge in [-0.3, -0.25) is 9.53 Å². The van der Waals surface area contributed by atoms with Crippen molar-refractivity contribution >= 4 is 5.91 Å². The Balaban J connectivity index is 1.44. The number of aryl methyl sites for hydroxylation is 1. The molecule has 3 aromatic heterocycles. The van der Waals surface area contributed by atoms with E-state index in [0.717, 1.165) is 0 Å². The van der Waals surface area contributed by atoms with Crippen LogP contribution >= 0.6 is 0 Å². The minimum atomic E-state index is -4.93. The van der Waals surface area contributed by atoms with Crippen LogP contribution in [0.15, 0.2) is 43.0 Å². The van der Waals surface area contributed by atoms with Crippen LogP contribution in [0.5, 0.6) is 6.01 Å². The number of pyridine rings is 1. The van der Waals surface area contributed by atoms with Crippen LogP contribution < -0.4 is 4.74 Å². The Bertz CT molecular complexity index is 1160. The van der Waals surface area contributed by atoms with Crippen molar-refractivity contribution < 1.29 is 27.4 Å². The number of alkyl halides is 3. The Morgan fingerprint density at radius 2 is 1.85 bits per heavy atom. The van der Waals surface area contributed by atoms with E-state index in [0.29, 0.717) is 25.0 Å². The highest BCUT2D eigenvalue weighted by molar-refractivity contribution is 5.98. The molecule has 2 aliphatic heterocycles. The van der Waals surface area contributed by atoms with Crippen LogP contribution in [0.3, 0.4) is 0 Å². The zero-order valence-corrected chi connectivity index (χ0v) is 18.0. The quantitative estimate of drug-likeness (QED) is 0.501. The molecule has 5 heterocycles. The fourth-order valence-electron chi connectivity index (χ4n) is 4.75. The van der Waals surface area contributed by atoms with Crippen molar-refractivity contribution in [1.82, 2.24) is 34.8 Å². The molecule has 3 aromatic rings. The topological polar surface area (TPSA) is 108 Å². The number of hydrogen-bond donors (Lipinski definition) is 0. The molecule has 13 heteroatoms. The molecule has 0 N–H and O–H groups in total.